The van der Waals surface area contributed by atoms with Crippen LogP contribution in [0.1, 0.15) is 28.4 Å². The summed E-state index contributed by atoms with van der Waals surface area (Å²) in [6, 6.07) is 3.40. The Morgan fingerprint density at radius 2 is 2.10 bits per heavy atom. The maximum Gasteiger partial charge on any atom is 0.254 e. The lowest BCUT2D eigenvalue weighted by Gasteiger charge is -2.31. The number of aryl methyl sites for hydroxylation is 1. The predicted molar refractivity (Wildman–Crippen MR) is 111 cm³/mol. The molecule has 0 saturated carbocycles. The number of nitrogens with zero attached hydrogens (tertiary/aromatic N) is 4. The number of fused-ring (bicyclic) bond motifs is 1. The Morgan fingerprint density at radius 1 is 1.34 bits per heavy atom. The summed E-state index contributed by atoms with van der Waals surface area (Å²) in [4.78, 5) is 23.6. The number of hydrogen-bond acceptors (Lipinski definition) is 7. The number of phenols is 1. The van der Waals surface area contributed by atoms with Gasteiger partial charge in [-0.2, -0.15) is 0 Å². The topological polar surface area (TPSA) is 133 Å². The van der Waals surface area contributed by atoms with Crippen LogP contribution in [-0.2, 0) is 4.74 Å². The molecule has 0 bridgehead atoms. The van der Waals surface area contributed by atoms with Crippen molar-refractivity contribution >= 4 is 28.7 Å². The first-order valence-electron chi connectivity index (χ1n) is 9.42. The van der Waals surface area contributed by atoms with E-state index < -0.39 is 5.91 Å². The van der Waals surface area contributed by atoms with Crippen molar-refractivity contribution < 1.29 is 14.6 Å². The van der Waals surface area contributed by atoms with E-state index >= 15 is 0 Å². The highest BCUT2D eigenvalue weighted by Crippen LogP contribution is 2.35. The number of aromatic hydroxyl groups is 1. The molecule has 3 heterocycles. The second-order valence-electron chi connectivity index (χ2n) is 7.36. The van der Waals surface area contributed by atoms with Crippen molar-refractivity contribution in [2.45, 2.75) is 26.9 Å². The van der Waals surface area contributed by atoms with Gasteiger partial charge in [0.25, 0.3) is 5.91 Å². The van der Waals surface area contributed by atoms with Gasteiger partial charge >= 0.3 is 0 Å². The molecule has 152 valence electrons. The minimum Gasteiger partial charge on any atom is -0.508 e. The number of amides is 1. The summed E-state index contributed by atoms with van der Waals surface area (Å²) in [6.07, 6.45) is 1.73. The van der Waals surface area contributed by atoms with Crippen LogP contribution in [0.4, 0.5) is 11.6 Å². The maximum absolute atomic E-state index is 12.2. The van der Waals surface area contributed by atoms with Gasteiger partial charge in [-0.3, -0.25) is 9.36 Å². The minimum atomic E-state index is -0.677. The molecule has 1 unspecified atom stereocenters. The molecular formula is C20H24N6O3. The highest BCUT2D eigenvalue weighted by molar-refractivity contribution is 6.09. The van der Waals surface area contributed by atoms with Gasteiger partial charge in [0.15, 0.2) is 5.65 Å². The number of rotatable bonds is 3. The quantitative estimate of drug-likeness (QED) is 0.613. The number of aromatic nitrogens is 3. The van der Waals surface area contributed by atoms with Crippen LogP contribution >= 0.6 is 0 Å². The van der Waals surface area contributed by atoms with Crippen LogP contribution in [0.15, 0.2) is 18.3 Å². The molecule has 3 aromatic rings. The lowest BCUT2D eigenvalue weighted by molar-refractivity contribution is 0.0529. The first-order valence-corrected chi connectivity index (χ1v) is 9.42. The minimum absolute atomic E-state index is 0.0733. The maximum atomic E-state index is 12.2. The molecule has 0 radical (unpaired) electrons. The number of ether oxygens (including phenoxy) is 1. The van der Waals surface area contributed by atoms with E-state index in [1.54, 1.807) is 29.8 Å². The lowest BCUT2D eigenvalue weighted by atomic mass is 10.1. The molecule has 1 aromatic carbocycles. The number of carbonyl (C=O) groups is 1. The van der Waals surface area contributed by atoms with Gasteiger partial charge in [-0.15, -0.1) is 0 Å². The van der Waals surface area contributed by atoms with E-state index in [2.05, 4.69) is 14.9 Å². The van der Waals surface area contributed by atoms with Gasteiger partial charge in [0.2, 0.25) is 0 Å². The Kier molecular flexibility index (Phi) is 4.54. The average Bonchev–Trinajstić information content (AvgIpc) is 2.96. The second kappa shape index (κ2) is 6.93. The van der Waals surface area contributed by atoms with Gasteiger partial charge in [0.1, 0.15) is 28.5 Å². The third kappa shape index (κ3) is 3.03. The normalized spacial score (nSPS) is 17.1. The fourth-order valence-corrected chi connectivity index (χ4v) is 3.87. The summed E-state index contributed by atoms with van der Waals surface area (Å²) >= 11 is 0. The largest absolute Gasteiger partial charge is 0.508 e. The molecular weight excluding hydrogens is 372 g/mol. The third-order valence-corrected chi connectivity index (χ3v) is 5.33. The number of nitrogens with two attached hydrogens (primary N) is 2. The number of anilines is 2. The number of primary amides is 1. The Hall–Kier alpha value is -3.33. The molecule has 1 saturated heterocycles. The fourth-order valence-electron chi connectivity index (χ4n) is 3.87. The summed E-state index contributed by atoms with van der Waals surface area (Å²) < 4.78 is 7.22. The molecule has 9 heteroatoms. The molecule has 5 N–H and O–H groups in total. The van der Waals surface area contributed by atoms with E-state index in [-0.39, 0.29) is 23.2 Å². The van der Waals surface area contributed by atoms with Gasteiger partial charge in [-0.1, -0.05) is 6.07 Å². The molecule has 29 heavy (non-hydrogen) atoms. The Morgan fingerprint density at radius 3 is 2.79 bits per heavy atom. The predicted octanol–water partition coefficient (Wildman–Crippen LogP) is 1.65. The van der Waals surface area contributed by atoms with Crippen molar-refractivity contribution in [1.29, 1.82) is 0 Å². The van der Waals surface area contributed by atoms with Crippen LogP contribution in [0.2, 0.25) is 0 Å². The number of hydrogen-bond donors (Lipinski definition) is 3. The van der Waals surface area contributed by atoms with Crippen LogP contribution in [0.25, 0.3) is 16.9 Å². The first kappa shape index (κ1) is 19.0. The summed E-state index contributed by atoms with van der Waals surface area (Å²) in [5.41, 5.74) is 15.0. The third-order valence-electron chi connectivity index (χ3n) is 5.33. The van der Waals surface area contributed by atoms with Crippen molar-refractivity contribution in [3.05, 3.63) is 35.0 Å². The van der Waals surface area contributed by atoms with E-state index in [0.717, 1.165) is 5.56 Å². The monoisotopic (exact) mass is 396 g/mol. The van der Waals surface area contributed by atoms with Crippen LogP contribution in [0.3, 0.4) is 0 Å². The van der Waals surface area contributed by atoms with Crippen molar-refractivity contribution in [3.63, 3.8) is 0 Å². The van der Waals surface area contributed by atoms with Crippen molar-refractivity contribution in [2.75, 3.05) is 30.3 Å². The molecule has 1 amide bonds. The number of benzene rings is 1. The zero-order chi connectivity index (χ0) is 20.9. The molecule has 0 aliphatic carbocycles. The van der Waals surface area contributed by atoms with Crippen molar-refractivity contribution in [2.24, 2.45) is 5.73 Å². The first-order chi connectivity index (χ1) is 13.8. The Labute approximate surface area is 167 Å². The van der Waals surface area contributed by atoms with E-state index in [1.807, 2.05) is 13.8 Å². The molecule has 1 fully saturated rings. The van der Waals surface area contributed by atoms with Crippen molar-refractivity contribution in [1.82, 2.24) is 14.5 Å². The fraction of sp³-hybridized carbons (Fsp3) is 0.350. The summed E-state index contributed by atoms with van der Waals surface area (Å²) in [7, 11) is 0. The molecule has 2 aromatic heterocycles. The van der Waals surface area contributed by atoms with E-state index in [0.29, 0.717) is 47.9 Å². The summed E-state index contributed by atoms with van der Waals surface area (Å²) in [5.74, 6) is 0.233. The Balaban J connectivity index is 1.97. The van der Waals surface area contributed by atoms with E-state index in [4.69, 9.17) is 16.2 Å². The van der Waals surface area contributed by atoms with Crippen LogP contribution in [0.5, 0.6) is 5.75 Å². The van der Waals surface area contributed by atoms with Gasteiger partial charge in [0, 0.05) is 18.7 Å². The highest BCUT2D eigenvalue weighted by Gasteiger charge is 2.26. The number of morpholine rings is 1. The molecule has 0 spiro atoms. The van der Waals surface area contributed by atoms with Gasteiger partial charge in [0.05, 0.1) is 24.6 Å². The van der Waals surface area contributed by atoms with Gasteiger partial charge < -0.3 is 26.2 Å². The number of carbonyl (C=O) groups excluding carboxylic acids is 1. The van der Waals surface area contributed by atoms with Crippen LogP contribution in [-0.4, -0.2) is 51.3 Å². The van der Waals surface area contributed by atoms with Crippen LogP contribution < -0.4 is 16.4 Å². The molecule has 9 nitrogen and oxygen atoms in total. The molecule has 1 atom stereocenters. The molecule has 1 aliphatic heterocycles. The van der Waals surface area contributed by atoms with Gasteiger partial charge in [-0.05, 0) is 32.4 Å². The van der Waals surface area contributed by atoms with E-state index in [9.17, 15) is 9.90 Å². The van der Waals surface area contributed by atoms with Crippen molar-refractivity contribution in [3.8, 4) is 11.4 Å². The lowest BCUT2D eigenvalue weighted by Crippen LogP contribution is -2.41. The number of nitrogen functional groups attached to an aromatic ring is 1. The summed E-state index contributed by atoms with van der Waals surface area (Å²) in [5, 5.41) is 10.2. The molecule has 1 aliphatic rings. The summed E-state index contributed by atoms with van der Waals surface area (Å²) in [6.45, 7) is 7.62. The van der Waals surface area contributed by atoms with E-state index in [1.165, 1.54) is 0 Å². The zero-order valence-corrected chi connectivity index (χ0v) is 16.6. The average molecular weight is 396 g/mol. The number of phenolic OH excluding ortho intramolecular Hbond substituents is 1. The van der Waals surface area contributed by atoms with Crippen LogP contribution in [0, 0.1) is 13.8 Å². The Bertz CT molecular complexity index is 1120. The molecule has 4 rings (SSSR count). The second-order valence-corrected chi connectivity index (χ2v) is 7.36. The smallest absolute Gasteiger partial charge is 0.254 e. The zero-order valence-electron chi connectivity index (χ0n) is 16.6. The highest BCUT2D eigenvalue weighted by atomic mass is 16.5. The SMILES string of the molecule is Cc1ccc(O)c(C)c1-n1c(N)c(C(N)=O)c2nc(N3CCOC(C)C3)cnc21. The van der Waals surface area contributed by atoms with Gasteiger partial charge in [-0.25, -0.2) is 9.97 Å². The standard InChI is InChI=1S/C20H24N6O3/c1-10-4-5-13(27)12(3)17(10)26-18(21)15(19(22)28)16-20(26)23-8-14(24-16)25-6-7-29-11(2)9-25/h4-5,8,11,27H,6-7,9,21H2,1-3H3,(H2,22,28).